The van der Waals surface area contributed by atoms with Crippen molar-refractivity contribution >= 4 is 23.8 Å². The van der Waals surface area contributed by atoms with Crippen molar-refractivity contribution < 1.29 is 17.1 Å². The molecular weight excluding hydrogens is 411 g/mol. The van der Waals surface area contributed by atoms with Gasteiger partial charge in [-0.1, -0.05) is 81.4 Å². The molecule has 1 aliphatic rings. The first kappa shape index (κ1) is 21.8. The van der Waals surface area contributed by atoms with Crippen LogP contribution in [0, 0.1) is 0 Å². The fraction of sp³-hybridized carbons (Fsp3) is 0.185. The molecule has 0 N–H and O–H groups in total. The van der Waals surface area contributed by atoms with Gasteiger partial charge in [0.05, 0.1) is 0 Å². The van der Waals surface area contributed by atoms with Crippen molar-refractivity contribution in [2.24, 2.45) is 0 Å². The van der Waals surface area contributed by atoms with Crippen molar-refractivity contribution in [1.29, 1.82) is 0 Å². The summed E-state index contributed by atoms with van der Waals surface area (Å²) in [6.45, 7) is 0. The van der Waals surface area contributed by atoms with E-state index in [4.69, 9.17) is 0 Å². The molecule has 0 unspecified atom stereocenters. The normalized spacial score (nSPS) is 13.6. The molecule has 2 heteroatoms. The van der Waals surface area contributed by atoms with Gasteiger partial charge in [0, 0.05) is 0 Å². The van der Waals surface area contributed by atoms with Crippen LogP contribution in [0.25, 0.3) is 0 Å². The van der Waals surface area contributed by atoms with Crippen LogP contribution in [0.15, 0.2) is 109 Å². The molecule has 0 aliphatic heterocycles. The average Bonchev–Trinajstić information content (AvgIpc) is 3.53. The molecule has 0 amide bonds. The van der Waals surface area contributed by atoms with Gasteiger partial charge in [-0.2, -0.15) is 29.8 Å². The van der Waals surface area contributed by atoms with Crippen LogP contribution in [-0.4, -0.2) is 0 Å². The first-order valence-corrected chi connectivity index (χ1v) is 11.6. The average molecular weight is 438 g/mol. The maximum Gasteiger partial charge on any atom is 2.00 e. The Hall–Kier alpha value is -1.91. The zero-order valence-electron chi connectivity index (χ0n) is 16.6. The molecule has 1 fully saturated rings. The second-order valence-electron chi connectivity index (χ2n) is 7.32. The molecule has 29 heavy (non-hydrogen) atoms. The third kappa shape index (κ3) is 5.58. The van der Waals surface area contributed by atoms with Gasteiger partial charge in [0.25, 0.3) is 0 Å². The molecule has 0 spiro atoms. The molecule has 148 valence electrons. The Balaban J connectivity index is 0.000000352. The minimum absolute atomic E-state index is 0. The molecule has 0 nitrogen and oxygen atoms in total. The van der Waals surface area contributed by atoms with E-state index in [1.807, 2.05) is 30.3 Å². The molecule has 0 saturated heterocycles. The summed E-state index contributed by atoms with van der Waals surface area (Å²) in [5.41, 5.74) is 1.61. The molecule has 0 radical (unpaired) electrons. The summed E-state index contributed by atoms with van der Waals surface area (Å²) in [4.78, 5) is 0. The van der Waals surface area contributed by atoms with Crippen molar-refractivity contribution in [3.05, 3.63) is 115 Å². The molecule has 1 saturated carbocycles. The fourth-order valence-electron chi connectivity index (χ4n) is 4.11. The molecular formula is C27H27FeP. The molecule has 0 bridgehead atoms. The van der Waals surface area contributed by atoms with Crippen LogP contribution in [0.5, 0.6) is 0 Å². The summed E-state index contributed by atoms with van der Waals surface area (Å²) < 4.78 is 0. The van der Waals surface area contributed by atoms with Crippen LogP contribution in [0.4, 0.5) is 0 Å². The Kier molecular flexibility index (Phi) is 8.51. The molecule has 1 aliphatic carbocycles. The molecule has 0 aromatic heterocycles. The van der Waals surface area contributed by atoms with E-state index < -0.39 is 7.92 Å². The predicted octanol–water partition coefficient (Wildman–Crippen LogP) is 6.22. The second kappa shape index (κ2) is 11.3. The van der Waals surface area contributed by atoms with Gasteiger partial charge < -0.3 is 0 Å². The zero-order chi connectivity index (χ0) is 19.0. The first-order valence-electron chi connectivity index (χ1n) is 10.3. The predicted molar refractivity (Wildman–Crippen MR) is 124 cm³/mol. The van der Waals surface area contributed by atoms with E-state index in [0.717, 1.165) is 5.92 Å². The van der Waals surface area contributed by atoms with Crippen LogP contribution >= 0.6 is 7.92 Å². The molecule has 5 rings (SSSR count). The summed E-state index contributed by atoms with van der Waals surface area (Å²) in [6.07, 6.45) is 5.52. The van der Waals surface area contributed by atoms with Crippen LogP contribution in [0.1, 0.15) is 37.2 Å². The fourth-order valence-corrected chi connectivity index (χ4v) is 6.66. The topological polar surface area (TPSA) is 0 Å². The maximum absolute atomic E-state index is 2.38. The summed E-state index contributed by atoms with van der Waals surface area (Å²) in [5, 5.41) is 4.49. The molecule has 4 aromatic carbocycles. The Morgan fingerprint density at radius 3 is 1.72 bits per heavy atom. The van der Waals surface area contributed by atoms with E-state index in [2.05, 4.69) is 78.9 Å². The van der Waals surface area contributed by atoms with Crippen molar-refractivity contribution in [3.8, 4) is 0 Å². The zero-order valence-corrected chi connectivity index (χ0v) is 18.6. The van der Waals surface area contributed by atoms with Gasteiger partial charge in [0.15, 0.2) is 0 Å². The smallest absolute Gasteiger partial charge is 0.214 e. The van der Waals surface area contributed by atoms with Gasteiger partial charge in [-0.25, -0.2) is 24.3 Å². The second-order valence-corrected chi connectivity index (χ2v) is 9.50. The van der Waals surface area contributed by atoms with Crippen LogP contribution in [0.2, 0.25) is 0 Å². The van der Waals surface area contributed by atoms with Crippen molar-refractivity contribution in [2.45, 2.75) is 31.6 Å². The number of rotatable bonds is 4. The van der Waals surface area contributed by atoms with E-state index in [9.17, 15) is 0 Å². The van der Waals surface area contributed by atoms with Crippen molar-refractivity contribution in [1.82, 2.24) is 0 Å². The number of benzene rings is 2. The quantitative estimate of drug-likeness (QED) is 0.202. The maximum atomic E-state index is 2.38. The number of hydrogen-bond donors (Lipinski definition) is 0. The summed E-state index contributed by atoms with van der Waals surface area (Å²) >= 11 is 0. The van der Waals surface area contributed by atoms with Gasteiger partial charge in [0.1, 0.15) is 0 Å². The van der Waals surface area contributed by atoms with Crippen molar-refractivity contribution in [2.75, 3.05) is 0 Å². The Morgan fingerprint density at radius 2 is 1.24 bits per heavy atom. The van der Waals surface area contributed by atoms with E-state index in [1.54, 1.807) is 10.9 Å². The SMILES string of the molecule is [Fe+2].c1cc[cH-]c1.c1ccc(P(c2ccccc2)[c-]2cccc2C2CCCC2)cc1. The number of hydrogen-bond acceptors (Lipinski definition) is 0. The molecule has 0 atom stereocenters. The monoisotopic (exact) mass is 438 g/mol. The Bertz CT molecular complexity index is 862. The molecule has 4 aromatic rings. The molecule has 0 heterocycles. The van der Waals surface area contributed by atoms with Gasteiger partial charge in [-0.15, -0.1) is 5.30 Å². The van der Waals surface area contributed by atoms with Gasteiger partial charge in [-0.05, 0) is 29.4 Å². The summed E-state index contributed by atoms with van der Waals surface area (Å²) in [6, 6.07) is 39.1. The van der Waals surface area contributed by atoms with E-state index in [1.165, 1.54) is 36.3 Å². The third-order valence-corrected chi connectivity index (χ3v) is 7.96. The third-order valence-electron chi connectivity index (χ3n) is 5.45. The Morgan fingerprint density at radius 1 is 0.690 bits per heavy atom. The van der Waals surface area contributed by atoms with E-state index in [0.29, 0.717) is 0 Å². The van der Waals surface area contributed by atoms with Gasteiger partial charge >= 0.3 is 17.1 Å². The first-order chi connectivity index (χ1) is 13.9. The van der Waals surface area contributed by atoms with Crippen molar-refractivity contribution in [3.63, 3.8) is 0 Å². The summed E-state index contributed by atoms with van der Waals surface area (Å²) in [5.74, 6) is 0.775. The van der Waals surface area contributed by atoms with Crippen LogP contribution in [-0.2, 0) is 17.1 Å². The largest absolute Gasteiger partial charge is 2.00 e. The Labute approximate surface area is 187 Å². The van der Waals surface area contributed by atoms with Crippen LogP contribution in [0.3, 0.4) is 0 Å². The van der Waals surface area contributed by atoms with Gasteiger partial charge in [0.2, 0.25) is 0 Å². The minimum atomic E-state index is -0.446. The van der Waals surface area contributed by atoms with E-state index in [-0.39, 0.29) is 17.1 Å². The van der Waals surface area contributed by atoms with Gasteiger partial charge in [-0.3, -0.25) is 0 Å². The minimum Gasteiger partial charge on any atom is -0.214 e. The summed E-state index contributed by atoms with van der Waals surface area (Å²) in [7, 11) is -0.446. The van der Waals surface area contributed by atoms with Crippen LogP contribution < -0.4 is 15.9 Å². The standard InChI is InChI=1S/C22H22P.C5H5.Fe/c1-3-12-19(13-4-1)23(20-14-5-2-6-15-20)22-17-9-16-21(22)18-10-7-8-11-18;1-2-4-5-3-1;/h1-6,9,12-18H,7-8,10-11H2;1-5H;/q2*-1;+2. The van der Waals surface area contributed by atoms with E-state index >= 15 is 0 Å².